The van der Waals surface area contributed by atoms with Crippen molar-refractivity contribution in [3.63, 3.8) is 0 Å². The third kappa shape index (κ3) is 11.3. The maximum Gasteiger partial charge on any atom is 0.405 e. The van der Waals surface area contributed by atoms with Crippen LogP contribution in [-0.4, -0.2) is 24.8 Å². The zero-order valence-corrected chi connectivity index (χ0v) is 10.5. The summed E-state index contributed by atoms with van der Waals surface area (Å²) in [5.74, 6) is 0.598. The predicted molar refractivity (Wildman–Crippen MR) is 60.7 cm³/mol. The first-order valence-corrected chi connectivity index (χ1v) is 5.82. The Bertz CT molecular complexity index is 229. The van der Waals surface area contributed by atoms with Crippen molar-refractivity contribution in [3.05, 3.63) is 0 Å². The zero-order valence-electron chi connectivity index (χ0n) is 10.5. The average molecular weight is 254 g/mol. The van der Waals surface area contributed by atoms with E-state index in [4.69, 9.17) is 0 Å². The molecule has 2 N–H and O–H groups in total. The number of nitrogens with one attached hydrogen (secondary N) is 2. The van der Waals surface area contributed by atoms with E-state index in [1.165, 1.54) is 0 Å². The highest BCUT2D eigenvalue weighted by Gasteiger charge is 2.27. The van der Waals surface area contributed by atoms with Crippen molar-refractivity contribution in [3.8, 4) is 0 Å². The summed E-state index contributed by atoms with van der Waals surface area (Å²) in [4.78, 5) is 11.1. The minimum Gasteiger partial charge on any atom is -0.336 e. The fourth-order valence-electron chi connectivity index (χ4n) is 1.36. The third-order valence-electron chi connectivity index (χ3n) is 2.25. The van der Waals surface area contributed by atoms with Crippen molar-refractivity contribution in [1.82, 2.24) is 10.6 Å². The number of rotatable bonds is 6. The molecule has 0 aromatic rings. The summed E-state index contributed by atoms with van der Waals surface area (Å²) in [6.07, 6.45) is -1.58. The van der Waals surface area contributed by atoms with Gasteiger partial charge in [0.25, 0.3) is 0 Å². The van der Waals surface area contributed by atoms with Gasteiger partial charge in [-0.3, -0.25) is 0 Å². The molecule has 0 spiro atoms. The van der Waals surface area contributed by atoms with Crippen LogP contribution in [0.15, 0.2) is 0 Å². The Kier molecular flexibility index (Phi) is 6.99. The summed E-state index contributed by atoms with van der Waals surface area (Å²) in [6.45, 7) is 4.70. The van der Waals surface area contributed by atoms with Crippen molar-refractivity contribution >= 4 is 6.03 Å². The van der Waals surface area contributed by atoms with E-state index in [1.807, 2.05) is 0 Å². The lowest BCUT2D eigenvalue weighted by molar-refractivity contribution is -0.122. The highest BCUT2D eigenvalue weighted by Crippen LogP contribution is 2.12. The van der Waals surface area contributed by atoms with Crippen LogP contribution in [0.5, 0.6) is 0 Å². The molecule has 0 bridgehead atoms. The average Bonchev–Trinajstić information content (AvgIpc) is 2.13. The summed E-state index contributed by atoms with van der Waals surface area (Å²) in [7, 11) is 0. The molecule has 0 aliphatic rings. The number of hydrogen-bond donors (Lipinski definition) is 2. The third-order valence-corrected chi connectivity index (χ3v) is 2.25. The zero-order chi connectivity index (χ0) is 13.5. The molecule has 0 heterocycles. The second-order valence-corrected chi connectivity index (χ2v) is 4.67. The first kappa shape index (κ1) is 16.1. The maximum absolute atomic E-state index is 11.8. The molecule has 17 heavy (non-hydrogen) atoms. The number of amides is 2. The number of carbonyl (C=O) groups is 1. The number of halogens is 3. The van der Waals surface area contributed by atoms with E-state index in [0.717, 1.165) is 19.3 Å². The van der Waals surface area contributed by atoms with Crippen LogP contribution >= 0.6 is 0 Å². The van der Waals surface area contributed by atoms with E-state index in [1.54, 1.807) is 12.2 Å². The van der Waals surface area contributed by atoms with Crippen molar-refractivity contribution in [2.45, 2.75) is 52.3 Å². The highest BCUT2D eigenvalue weighted by atomic mass is 19.4. The van der Waals surface area contributed by atoms with Gasteiger partial charge in [-0.15, -0.1) is 0 Å². The fourth-order valence-corrected chi connectivity index (χ4v) is 1.36. The molecule has 0 fully saturated rings. The molecule has 102 valence electrons. The van der Waals surface area contributed by atoms with Crippen LogP contribution in [0.3, 0.4) is 0 Å². The Hall–Kier alpha value is -0.940. The second-order valence-electron chi connectivity index (χ2n) is 4.67. The number of carbonyl (C=O) groups excluding carboxylic acids is 1. The van der Waals surface area contributed by atoms with E-state index in [-0.39, 0.29) is 6.04 Å². The first-order chi connectivity index (χ1) is 7.70. The largest absolute Gasteiger partial charge is 0.405 e. The molecular formula is C11H21F3N2O. The number of alkyl halides is 3. The minimum absolute atomic E-state index is 0.109. The van der Waals surface area contributed by atoms with Crippen molar-refractivity contribution in [1.29, 1.82) is 0 Å². The smallest absolute Gasteiger partial charge is 0.336 e. The summed E-state index contributed by atoms with van der Waals surface area (Å²) >= 11 is 0. The van der Waals surface area contributed by atoms with Gasteiger partial charge >= 0.3 is 12.2 Å². The van der Waals surface area contributed by atoms with Gasteiger partial charge in [-0.05, 0) is 19.3 Å². The Morgan fingerprint density at radius 3 is 2.24 bits per heavy atom. The van der Waals surface area contributed by atoms with Crippen molar-refractivity contribution in [2.75, 3.05) is 6.54 Å². The Morgan fingerprint density at radius 1 is 1.18 bits per heavy atom. The van der Waals surface area contributed by atoms with Gasteiger partial charge in [0.05, 0.1) is 0 Å². The van der Waals surface area contributed by atoms with E-state index in [0.29, 0.717) is 5.92 Å². The predicted octanol–water partition coefficient (Wildman–Crippen LogP) is 3.06. The molecule has 0 aromatic carbocycles. The SMILES string of the molecule is CC(C)CCCC(C)NC(=O)NCC(F)(F)F. The van der Waals surface area contributed by atoms with Crippen molar-refractivity contribution in [2.24, 2.45) is 5.92 Å². The molecule has 1 atom stereocenters. The Morgan fingerprint density at radius 2 is 1.76 bits per heavy atom. The number of urea groups is 1. The lowest BCUT2D eigenvalue weighted by Gasteiger charge is -2.15. The molecule has 0 aliphatic heterocycles. The van der Waals surface area contributed by atoms with Gasteiger partial charge in [-0.2, -0.15) is 13.2 Å². The molecule has 2 amide bonds. The van der Waals surface area contributed by atoms with Crippen LogP contribution in [0.4, 0.5) is 18.0 Å². The molecule has 0 saturated heterocycles. The fraction of sp³-hybridized carbons (Fsp3) is 0.909. The van der Waals surface area contributed by atoms with Crippen LogP contribution in [0.1, 0.15) is 40.0 Å². The molecule has 0 aliphatic carbocycles. The van der Waals surface area contributed by atoms with Crippen LogP contribution in [-0.2, 0) is 0 Å². The Labute approximate surface area is 100 Å². The molecule has 0 radical (unpaired) electrons. The molecule has 6 heteroatoms. The van der Waals surface area contributed by atoms with Crippen LogP contribution in [0.25, 0.3) is 0 Å². The summed E-state index contributed by atoms with van der Waals surface area (Å²) in [5.41, 5.74) is 0. The molecule has 0 rings (SSSR count). The number of hydrogen-bond acceptors (Lipinski definition) is 1. The topological polar surface area (TPSA) is 41.1 Å². The van der Waals surface area contributed by atoms with Gasteiger partial charge < -0.3 is 10.6 Å². The summed E-state index contributed by atoms with van der Waals surface area (Å²) in [6, 6.07) is -0.874. The lowest BCUT2D eigenvalue weighted by atomic mass is 10.0. The summed E-state index contributed by atoms with van der Waals surface area (Å²) in [5, 5.41) is 4.25. The highest BCUT2D eigenvalue weighted by molar-refractivity contribution is 5.74. The summed E-state index contributed by atoms with van der Waals surface area (Å²) < 4.78 is 35.4. The lowest BCUT2D eigenvalue weighted by Crippen LogP contribution is -2.44. The van der Waals surface area contributed by atoms with Crippen LogP contribution < -0.4 is 10.6 Å². The van der Waals surface area contributed by atoms with Crippen molar-refractivity contribution < 1.29 is 18.0 Å². The molecule has 3 nitrogen and oxygen atoms in total. The normalized spacial score (nSPS) is 13.6. The van der Waals surface area contributed by atoms with Crippen LogP contribution in [0, 0.1) is 5.92 Å². The quantitative estimate of drug-likeness (QED) is 0.751. The molecular weight excluding hydrogens is 233 g/mol. The van der Waals surface area contributed by atoms with E-state index >= 15 is 0 Å². The van der Waals surface area contributed by atoms with E-state index < -0.39 is 18.8 Å². The van der Waals surface area contributed by atoms with E-state index in [9.17, 15) is 18.0 Å². The standard InChI is InChI=1S/C11H21F3N2O/c1-8(2)5-4-6-9(3)16-10(17)15-7-11(12,13)14/h8-9H,4-7H2,1-3H3,(H2,15,16,17). The van der Waals surface area contributed by atoms with E-state index in [2.05, 4.69) is 19.2 Å². The van der Waals surface area contributed by atoms with Gasteiger partial charge in [0.15, 0.2) is 0 Å². The second kappa shape index (κ2) is 7.40. The Balaban J connectivity index is 3.66. The molecule has 1 unspecified atom stereocenters. The minimum atomic E-state index is -4.36. The van der Waals surface area contributed by atoms with Gasteiger partial charge in [0.1, 0.15) is 6.54 Å². The monoisotopic (exact) mass is 254 g/mol. The molecule has 0 saturated carbocycles. The van der Waals surface area contributed by atoms with Crippen LogP contribution in [0.2, 0.25) is 0 Å². The van der Waals surface area contributed by atoms with Gasteiger partial charge in [0.2, 0.25) is 0 Å². The van der Waals surface area contributed by atoms with Gasteiger partial charge in [-0.1, -0.05) is 26.7 Å². The maximum atomic E-state index is 11.8. The van der Waals surface area contributed by atoms with Gasteiger partial charge in [0, 0.05) is 6.04 Å². The van der Waals surface area contributed by atoms with Gasteiger partial charge in [-0.25, -0.2) is 4.79 Å². The molecule has 0 aromatic heterocycles. The first-order valence-electron chi connectivity index (χ1n) is 5.82.